The summed E-state index contributed by atoms with van der Waals surface area (Å²) >= 11 is 0. The van der Waals surface area contributed by atoms with E-state index in [2.05, 4.69) is 61.2 Å². The van der Waals surface area contributed by atoms with Gasteiger partial charge in [-0.2, -0.15) is 0 Å². The van der Waals surface area contributed by atoms with Gasteiger partial charge in [0.1, 0.15) is 5.82 Å². The quantitative estimate of drug-likeness (QED) is 0.717. The largest absolute Gasteiger partial charge is 0.360 e. The van der Waals surface area contributed by atoms with Crippen LogP contribution < -0.4 is 10.2 Å². The zero-order valence-corrected chi connectivity index (χ0v) is 12.2. The molecule has 0 unspecified atom stereocenters. The van der Waals surface area contributed by atoms with Crippen molar-refractivity contribution in [2.24, 2.45) is 0 Å². The SMILES string of the molecule is CCCCCN(C)c1cccc(CNC(C)C)n1. The van der Waals surface area contributed by atoms with E-state index in [1.54, 1.807) is 0 Å². The number of nitrogens with one attached hydrogen (secondary N) is 1. The van der Waals surface area contributed by atoms with E-state index in [1.807, 2.05) is 0 Å². The molecule has 0 bridgehead atoms. The molecule has 0 aromatic carbocycles. The third-order valence-corrected chi connectivity index (χ3v) is 2.97. The number of nitrogens with zero attached hydrogens (tertiary/aromatic N) is 2. The highest BCUT2D eigenvalue weighted by molar-refractivity contribution is 5.38. The molecular formula is C15H27N3. The van der Waals surface area contributed by atoms with E-state index in [0.29, 0.717) is 6.04 Å². The summed E-state index contributed by atoms with van der Waals surface area (Å²) in [4.78, 5) is 6.93. The minimum Gasteiger partial charge on any atom is -0.360 e. The highest BCUT2D eigenvalue weighted by Gasteiger charge is 2.03. The van der Waals surface area contributed by atoms with Gasteiger partial charge in [-0.3, -0.25) is 0 Å². The van der Waals surface area contributed by atoms with Crippen LogP contribution in [0.5, 0.6) is 0 Å². The molecule has 0 saturated heterocycles. The van der Waals surface area contributed by atoms with E-state index in [-0.39, 0.29) is 0 Å². The van der Waals surface area contributed by atoms with Crippen molar-refractivity contribution in [3.05, 3.63) is 23.9 Å². The average Bonchev–Trinajstić information content (AvgIpc) is 2.37. The van der Waals surface area contributed by atoms with Crippen molar-refractivity contribution < 1.29 is 0 Å². The molecule has 0 atom stereocenters. The summed E-state index contributed by atoms with van der Waals surface area (Å²) in [7, 11) is 2.12. The van der Waals surface area contributed by atoms with Gasteiger partial charge in [0.2, 0.25) is 0 Å². The molecule has 0 aliphatic heterocycles. The van der Waals surface area contributed by atoms with Gasteiger partial charge in [-0.05, 0) is 18.6 Å². The fourth-order valence-electron chi connectivity index (χ4n) is 1.80. The predicted molar refractivity (Wildman–Crippen MR) is 79.0 cm³/mol. The molecule has 0 saturated carbocycles. The van der Waals surface area contributed by atoms with Gasteiger partial charge in [0.25, 0.3) is 0 Å². The fourth-order valence-corrected chi connectivity index (χ4v) is 1.80. The summed E-state index contributed by atoms with van der Waals surface area (Å²) in [6.45, 7) is 8.47. The predicted octanol–water partition coefficient (Wildman–Crippen LogP) is 3.21. The van der Waals surface area contributed by atoms with Crippen LogP contribution in [0.3, 0.4) is 0 Å². The van der Waals surface area contributed by atoms with Gasteiger partial charge in [0.15, 0.2) is 0 Å². The summed E-state index contributed by atoms with van der Waals surface area (Å²) in [5.41, 5.74) is 1.11. The van der Waals surface area contributed by atoms with Gasteiger partial charge in [0.05, 0.1) is 5.69 Å². The molecule has 0 aliphatic rings. The van der Waals surface area contributed by atoms with E-state index >= 15 is 0 Å². The smallest absolute Gasteiger partial charge is 0.128 e. The van der Waals surface area contributed by atoms with Crippen LogP contribution >= 0.6 is 0 Å². The van der Waals surface area contributed by atoms with Crippen molar-refractivity contribution in [2.45, 2.75) is 52.6 Å². The van der Waals surface area contributed by atoms with Crippen LogP contribution in [-0.4, -0.2) is 24.6 Å². The minimum atomic E-state index is 0.498. The first kappa shape index (κ1) is 15.0. The fraction of sp³-hybridized carbons (Fsp3) is 0.667. The van der Waals surface area contributed by atoms with Gasteiger partial charge in [-0.15, -0.1) is 0 Å². The van der Waals surface area contributed by atoms with Crippen molar-refractivity contribution in [1.29, 1.82) is 0 Å². The van der Waals surface area contributed by atoms with Crippen molar-refractivity contribution in [3.8, 4) is 0 Å². The third kappa shape index (κ3) is 5.50. The molecule has 18 heavy (non-hydrogen) atoms. The molecule has 1 rings (SSSR count). The first-order chi connectivity index (χ1) is 8.63. The van der Waals surface area contributed by atoms with Crippen LogP contribution in [0.2, 0.25) is 0 Å². The van der Waals surface area contributed by atoms with Crippen molar-refractivity contribution in [1.82, 2.24) is 10.3 Å². The van der Waals surface area contributed by atoms with Crippen LogP contribution in [0.25, 0.3) is 0 Å². The third-order valence-electron chi connectivity index (χ3n) is 2.97. The minimum absolute atomic E-state index is 0.498. The van der Waals surface area contributed by atoms with Crippen molar-refractivity contribution in [3.63, 3.8) is 0 Å². The van der Waals surface area contributed by atoms with Gasteiger partial charge in [-0.25, -0.2) is 4.98 Å². The van der Waals surface area contributed by atoms with Gasteiger partial charge >= 0.3 is 0 Å². The average molecular weight is 249 g/mol. The second kappa shape index (κ2) is 8.09. The molecular weight excluding hydrogens is 222 g/mol. The Hall–Kier alpha value is -1.09. The Balaban J connectivity index is 2.52. The lowest BCUT2D eigenvalue weighted by Gasteiger charge is -2.19. The molecule has 1 heterocycles. The van der Waals surface area contributed by atoms with E-state index in [4.69, 9.17) is 0 Å². The molecule has 3 nitrogen and oxygen atoms in total. The first-order valence-corrected chi connectivity index (χ1v) is 7.04. The topological polar surface area (TPSA) is 28.2 Å². The number of unbranched alkanes of at least 4 members (excludes halogenated alkanes) is 2. The maximum atomic E-state index is 4.69. The number of rotatable bonds is 8. The second-order valence-electron chi connectivity index (χ2n) is 5.15. The Labute approximate surface area is 112 Å². The molecule has 3 heteroatoms. The van der Waals surface area contributed by atoms with E-state index in [9.17, 15) is 0 Å². The molecule has 1 aromatic heterocycles. The zero-order chi connectivity index (χ0) is 13.4. The summed E-state index contributed by atoms with van der Waals surface area (Å²) in [6.07, 6.45) is 3.79. The Bertz CT molecular complexity index is 336. The zero-order valence-electron chi connectivity index (χ0n) is 12.2. The lowest BCUT2D eigenvalue weighted by Crippen LogP contribution is -2.24. The van der Waals surface area contributed by atoms with Crippen LogP contribution in [0.15, 0.2) is 18.2 Å². The molecule has 1 N–H and O–H groups in total. The molecule has 1 aromatic rings. The van der Waals surface area contributed by atoms with Gasteiger partial charge in [0, 0.05) is 26.2 Å². The maximum absolute atomic E-state index is 4.69. The Morgan fingerprint density at radius 3 is 2.72 bits per heavy atom. The Morgan fingerprint density at radius 1 is 1.28 bits per heavy atom. The van der Waals surface area contributed by atoms with Gasteiger partial charge < -0.3 is 10.2 Å². The van der Waals surface area contributed by atoms with Crippen molar-refractivity contribution in [2.75, 3.05) is 18.5 Å². The highest BCUT2D eigenvalue weighted by atomic mass is 15.2. The lowest BCUT2D eigenvalue weighted by atomic mass is 10.2. The Morgan fingerprint density at radius 2 is 2.06 bits per heavy atom. The number of anilines is 1. The van der Waals surface area contributed by atoms with Crippen LogP contribution in [0.1, 0.15) is 45.7 Å². The number of pyridine rings is 1. The number of hydrogen-bond acceptors (Lipinski definition) is 3. The lowest BCUT2D eigenvalue weighted by molar-refractivity contribution is 0.581. The second-order valence-corrected chi connectivity index (χ2v) is 5.15. The van der Waals surface area contributed by atoms with Crippen LogP contribution in [0, 0.1) is 0 Å². The summed E-state index contributed by atoms with van der Waals surface area (Å²) in [6, 6.07) is 6.76. The van der Waals surface area contributed by atoms with Gasteiger partial charge in [-0.1, -0.05) is 39.7 Å². The monoisotopic (exact) mass is 249 g/mol. The molecule has 0 spiro atoms. The summed E-state index contributed by atoms with van der Waals surface area (Å²) in [5.74, 6) is 1.08. The van der Waals surface area contributed by atoms with E-state index in [0.717, 1.165) is 24.6 Å². The molecule has 0 radical (unpaired) electrons. The normalized spacial score (nSPS) is 10.9. The number of aromatic nitrogens is 1. The molecule has 0 aliphatic carbocycles. The van der Waals surface area contributed by atoms with Crippen LogP contribution in [0.4, 0.5) is 5.82 Å². The van der Waals surface area contributed by atoms with E-state index < -0.39 is 0 Å². The van der Waals surface area contributed by atoms with E-state index in [1.165, 1.54) is 19.3 Å². The summed E-state index contributed by atoms with van der Waals surface area (Å²) < 4.78 is 0. The molecule has 0 amide bonds. The molecule has 102 valence electrons. The van der Waals surface area contributed by atoms with Crippen molar-refractivity contribution >= 4 is 5.82 Å². The number of hydrogen-bond donors (Lipinski definition) is 1. The highest BCUT2D eigenvalue weighted by Crippen LogP contribution is 2.11. The summed E-state index contributed by atoms with van der Waals surface area (Å²) in [5, 5.41) is 3.40. The Kier molecular flexibility index (Phi) is 6.73. The van der Waals surface area contributed by atoms with Crippen LogP contribution in [-0.2, 0) is 6.54 Å². The maximum Gasteiger partial charge on any atom is 0.128 e. The first-order valence-electron chi connectivity index (χ1n) is 7.04. The standard InChI is InChI=1S/C15H27N3/c1-5-6-7-11-18(4)15-10-8-9-14(17-15)12-16-13(2)3/h8-10,13,16H,5-7,11-12H2,1-4H3. The molecule has 0 fully saturated rings.